The fourth-order valence-electron chi connectivity index (χ4n) is 4.68. The van der Waals surface area contributed by atoms with Crippen molar-refractivity contribution in [1.82, 2.24) is 19.9 Å². The first-order valence-corrected chi connectivity index (χ1v) is 11.7. The van der Waals surface area contributed by atoms with Crippen LogP contribution in [-0.4, -0.2) is 52.6 Å². The summed E-state index contributed by atoms with van der Waals surface area (Å²) in [7, 11) is 0. The third-order valence-electron chi connectivity index (χ3n) is 6.27. The number of fused-ring (bicyclic) bond motifs is 3. The van der Waals surface area contributed by atoms with E-state index in [1.807, 2.05) is 23.6 Å². The number of thiophene rings is 1. The molecule has 0 aromatic carbocycles. The summed E-state index contributed by atoms with van der Waals surface area (Å²) in [5.41, 5.74) is 2.52. The molecule has 1 fully saturated rings. The summed E-state index contributed by atoms with van der Waals surface area (Å²) in [4.78, 5) is 22.2. The highest BCUT2D eigenvalue weighted by Gasteiger charge is 2.27. The summed E-state index contributed by atoms with van der Waals surface area (Å²) in [5.74, 6) is 2.72. The molecule has 5 rings (SSSR count). The Labute approximate surface area is 176 Å². The molecule has 3 aromatic heterocycles. The van der Waals surface area contributed by atoms with Gasteiger partial charge >= 0.3 is 0 Å². The summed E-state index contributed by atoms with van der Waals surface area (Å²) in [5, 5.41) is 1.33. The number of hydrogen-bond acceptors (Lipinski definition) is 6. The molecule has 0 bridgehead atoms. The maximum atomic E-state index is 5.13. The molecule has 0 unspecified atom stereocenters. The lowest BCUT2D eigenvalue weighted by molar-refractivity contribution is 0.258. The molecule has 1 saturated heterocycles. The van der Waals surface area contributed by atoms with Crippen molar-refractivity contribution in [3.8, 4) is 11.4 Å². The van der Waals surface area contributed by atoms with Gasteiger partial charge in [-0.25, -0.2) is 9.97 Å². The number of piperazine rings is 1. The minimum absolute atomic E-state index is 0.766. The van der Waals surface area contributed by atoms with Crippen LogP contribution in [0.25, 0.3) is 21.6 Å². The van der Waals surface area contributed by atoms with Crippen LogP contribution in [0, 0.1) is 5.92 Å². The maximum Gasteiger partial charge on any atom is 0.164 e. The highest BCUT2D eigenvalue weighted by molar-refractivity contribution is 7.19. The summed E-state index contributed by atoms with van der Waals surface area (Å²) < 4.78 is 0. The van der Waals surface area contributed by atoms with Gasteiger partial charge in [-0.2, -0.15) is 0 Å². The van der Waals surface area contributed by atoms with Crippen molar-refractivity contribution in [2.75, 3.05) is 37.6 Å². The highest BCUT2D eigenvalue weighted by Crippen LogP contribution is 2.42. The van der Waals surface area contributed by atoms with Crippen LogP contribution in [0.4, 0.5) is 5.82 Å². The van der Waals surface area contributed by atoms with Gasteiger partial charge in [-0.3, -0.25) is 9.88 Å². The first-order chi connectivity index (χ1) is 14.2. The van der Waals surface area contributed by atoms with Crippen LogP contribution >= 0.6 is 11.3 Å². The Balaban J connectivity index is 1.60. The van der Waals surface area contributed by atoms with E-state index in [0.717, 1.165) is 60.6 Å². The van der Waals surface area contributed by atoms with Gasteiger partial charge in [0.05, 0.1) is 5.39 Å². The Morgan fingerprint density at radius 1 is 1.17 bits per heavy atom. The number of rotatable bonds is 4. The zero-order chi connectivity index (χ0) is 19.8. The molecule has 4 heterocycles. The normalized spacial score (nSPS) is 20.2. The van der Waals surface area contributed by atoms with E-state index in [0.29, 0.717) is 0 Å². The van der Waals surface area contributed by atoms with Crippen molar-refractivity contribution in [3.05, 3.63) is 35.0 Å². The van der Waals surface area contributed by atoms with E-state index in [9.17, 15) is 0 Å². The van der Waals surface area contributed by atoms with Crippen LogP contribution in [-0.2, 0) is 12.8 Å². The van der Waals surface area contributed by atoms with E-state index in [2.05, 4.69) is 34.7 Å². The minimum Gasteiger partial charge on any atom is -0.353 e. The van der Waals surface area contributed by atoms with Gasteiger partial charge < -0.3 is 4.90 Å². The Bertz CT molecular complexity index is 991. The molecule has 0 amide bonds. The van der Waals surface area contributed by atoms with E-state index >= 15 is 0 Å². The van der Waals surface area contributed by atoms with Crippen molar-refractivity contribution in [1.29, 1.82) is 0 Å². The molecule has 6 heteroatoms. The molecule has 0 N–H and O–H groups in total. The van der Waals surface area contributed by atoms with Crippen LogP contribution < -0.4 is 4.90 Å². The van der Waals surface area contributed by atoms with Gasteiger partial charge in [-0.1, -0.05) is 13.8 Å². The second kappa shape index (κ2) is 8.00. The van der Waals surface area contributed by atoms with Crippen molar-refractivity contribution in [3.63, 3.8) is 0 Å². The third-order valence-corrected chi connectivity index (χ3v) is 7.42. The summed E-state index contributed by atoms with van der Waals surface area (Å²) in [6, 6.07) is 4.03. The number of aryl methyl sites for hydroxylation is 1. The standard InChI is InChI=1S/C23H29N5S/c1-3-9-27-10-12-28(13-11-27)22-20-18-7-6-16(2)14-19(18)29-23(20)26-21(25-22)17-5-4-8-24-15-17/h4-5,8,15-16H,3,6-7,9-14H2,1-2H3/t16-/m1/s1. The third kappa shape index (κ3) is 3.64. The lowest BCUT2D eigenvalue weighted by Crippen LogP contribution is -2.47. The summed E-state index contributed by atoms with van der Waals surface area (Å²) in [6.45, 7) is 10.1. The molecule has 3 aromatic rings. The number of aromatic nitrogens is 3. The second-order valence-electron chi connectivity index (χ2n) is 8.47. The molecule has 1 aliphatic heterocycles. The van der Waals surface area contributed by atoms with Crippen molar-refractivity contribution in [2.45, 2.75) is 39.5 Å². The average Bonchev–Trinajstić information content (AvgIpc) is 3.12. The van der Waals surface area contributed by atoms with E-state index < -0.39 is 0 Å². The molecule has 0 saturated carbocycles. The Morgan fingerprint density at radius 3 is 2.79 bits per heavy atom. The molecule has 152 valence electrons. The molecule has 0 radical (unpaired) electrons. The topological polar surface area (TPSA) is 45.2 Å². The molecule has 0 spiro atoms. The van der Waals surface area contributed by atoms with Crippen LogP contribution in [0.15, 0.2) is 24.5 Å². The first kappa shape index (κ1) is 18.9. The fraction of sp³-hybridized carbons (Fsp3) is 0.522. The zero-order valence-electron chi connectivity index (χ0n) is 17.4. The molecule has 29 heavy (non-hydrogen) atoms. The van der Waals surface area contributed by atoms with E-state index in [1.54, 1.807) is 6.20 Å². The van der Waals surface area contributed by atoms with Crippen molar-refractivity contribution in [2.24, 2.45) is 5.92 Å². The maximum absolute atomic E-state index is 5.13. The lowest BCUT2D eigenvalue weighted by Gasteiger charge is -2.35. The minimum atomic E-state index is 0.766. The van der Waals surface area contributed by atoms with Crippen molar-refractivity contribution >= 4 is 27.4 Å². The average molecular weight is 408 g/mol. The Morgan fingerprint density at radius 2 is 2.03 bits per heavy atom. The largest absolute Gasteiger partial charge is 0.353 e. The molecular weight excluding hydrogens is 378 g/mol. The first-order valence-electron chi connectivity index (χ1n) is 10.9. The van der Waals surface area contributed by atoms with Crippen LogP contribution in [0.5, 0.6) is 0 Å². The Hall–Kier alpha value is -2.05. The SMILES string of the molecule is CCCN1CCN(c2nc(-c3cccnc3)nc3sc4c(c23)CC[C@@H](C)C4)CC1. The van der Waals surface area contributed by atoms with Gasteiger partial charge in [-0.05, 0) is 55.8 Å². The number of hydrogen-bond donors (Lipinski definition) is 0. The Kier molecular flexibility index (Phi) is 5.22. The monoisotopic (exact) mass is 407 g/mol. The van der Waals surface area contributed by atoms with Gasteiger partial charge in [0.1, 0.15) is 10.6 Å². The molecule has 5 nitrogen and oxygen atoms in total. The molecule has 1 atom stereocenters. The van der Waals surface area contributed by atoms with Crippen LogP contribution in [0.1, 0.15) is 37.1 Å². The molecule has 1 aliphatic carbocycles. The number of pyridine rings is 1. The molecule has 2 aliphatic rings. The smallest absolute Gasteiger partial charge is 0.164 e. The molecular formula is C23H29N5S. The van der Waals surface area contributed by atoms with Gasteiger partial charge in [0.15, 0.2) is 5.82 Å². The van der Waals surface area contributed by atoms with Crippen LogP contribution in [0.2, 0.25) is 0 Å². The highest BCUT2D eigenvalue weighted by atomic mass is 32.1. The van der Waals surface area contributed by atoms with Crippen LogP contribution in [0.3, 0.4) is 0 Å². The van der Waals surface area contributed by atoms with Gasteiger partial charge in [0, 0.05) is 49.0 Å². The number of nitrogens with zero attached hydrogens (tertiary/aromatic N) is 5. The fourth-order valence-corrected chi connectivity index (χ4v) is 6.05. The predicted molar refractivity (Wildman–Crippen MR) is 121 cm³/mol. The second-order valence-corrected chi connectivity index (χ2v) is 9.56. The van der Waals surface area contributed by atoms with Gasteiger partial charge in [-0.15, -0.1) is 11.3 Å². The van der Waals surface area contributed by atoms with Gasteiger partial charge in [0.25, 0.3) is 0 Å². The summed E-state index contributed by atoms with van der Waals surface area (Å²) >= 11 is 1.89. The van der Waals surface area contributed by atoms with E-state index in [1.165, 1.54) is 41.6 Å². The van der Waals surface area contributed by atoms with E-state index in [4.69, 9.17) is 9.97 Å². The lowest BCUT2D eigenvalue weighted by atomic mass is 9.89. The zero-order valence-corrected chi connectivity index (χ0v) is 18.2. The van der Waals surface area contributed by atoms with Gasteiger partial charge in [0.2, 0.25) is 0 Å². The van der Waals surface area contributed by atoms with E-state index in [-0.39, 0.29) is 0 Å². The summed E-state index contributed by atoms with van der Waals surface area (Å²) in [6.07, 6.45) is 8.52. The quantitative estimate of drug-likeness (QED) is 0.641. The van der Waals surface area contributed by atoms with Crippen molar-refractivity contribution < 1.29 is 0 Å². The number of anilines is 1. The predicted octanol–water partition coefficient (Wildman–Crippen LogP) is 4.41.